The largest absolute Gasteiger partial charge is 0.355 e. The number of hydrogen-bond donors (Lipinski definition) is 1. The molecule has 3 atom stereocenters. The summed E-state index contributed by atoms with van der Waals surface area (Å²) in [6.45, 7) is 4.75. The maximum Gasteiger partial charge on any atom is 0.230 e. The van der Waals surface area contributed by atoms with E-state index in [1.807, 2.05) is 25.1 Å². The summed E-state index contributed by atoms with van der Waals surface area (Å²) in [6, 6.07) is 10.1. The van der Waals surface area contributed by atoms with E-state index < -0.39 is 5.92 Å². The fourth-order valence-electron chi connectivity index (χ4n) is 3.29. The summed E-state index contributed by atoms with van der Waals surface area (Å²) in [4.78, 5) is 24.8. The monoisotopic (exact) mass is 301 g/mol. The van der Waals surface area contributed by atoms with Crippen LogP contribution in [0.2, 0.25) is 0 Å². The highest BCUT2D eigenvalue weighted by Gasteiger charge is 2.41. The highest BCUT2D eigenvalue weighted by molar-refractivity contribution is 6.03. The first kappa shape index (κ1) is 16.7. The van der Waals surface area contributed by atoms with Crippen LogP contribution in [0.1, 0.15) is 45.1 Å². The van der Waals surface area contributed by atoms with Crippen LogP contribution in [0.3, 0.4) is 0 Å². The zero-order valence-corrected chi connectivity index (χ0v) is 13.7. The summed E-state index contributed by atoms with van der Waals surface area (Å²) < 4.78 is 0. The number of benzene rings is 1. The predicted octanol–water partition coefficient (Wildman–Crippen LogP) is 3.38. The van der Waals surface area contributed by atoms with Crippen LogP contribution in [-0.4, -0.2) is 18.2 Å². The van der Waals surface area contributed by atoms with Crippen molar-refractivity contribution < 1.29 is 9.59 Å². The number of Topliss-reactive ketones (excluding diaryl/α,β-unsaturated/α-hetero) is 1. The van der Waals surface area contributed by atoms with Gasteiger partial charge in [-0.25, -0.2) is 0 Å². The standard InChI is InChI=1S/C19H27NO2/c1-3-4-6-9-14(2)18(21)17-16(13-20-19(17)22)12-15-10-7-5-8-11-15/h5,7-8,10-11,14,16-17H,3-4,6,9,12-13H2,1-2H3,(H,20,22)/t14-,16?,17-/m1/s1. The molecule has 0 aromatic heterocycles. The molecule has 1 fully saturated rings. The van der Waals surface area contributed by atoms with E-state index in [-0.39, 0.29) is 23.5 Å². The Bertz CT molecular complexity index is 497. The lowest BCUT2D eigenvalue weighted by molar-refractivity contribution is -0.135. The highest BCUT2D eigenvalue weighted by atomic mass is 16.2. The Morgan fingerprint density at radius 2 is 2.00 bits per heavy atom. The Kier molecular flexibility index (Phi) is 6.17. The van der Waals surface area contributed by atoms with Gasteiger partial charge in [-0.2, -0.15) is 0 Å². The van der Waals surface area contributed by atoms with Crippen LogP contribution in [-0.2, 0) is 16.0 Å². The number of carbonyl (C=O) groups excluding carboxylic acids is 2. The maximum atomic E-state index is 12.7. The number of carbonyl (C=O) groups is 2. The van der Waals surface area contributed by atoms with Crippen molar-refractivity contribution in [2.75, 3.05) is 6.54 Å². The van der Waals surface area contributed by atoms with Crippen molar-refractivity contribution in [3.05, 3.63) is 35.9 Å². The second-order valence-corrected chi connectivity index (χ2v) is 6.47. The van der Waals surface area contributed by atoms with Crippen LogP contribution >= 0.6 is 0 Å². The molecule has 0 bridgehead atoms. The molecule has 3 nitrogen and oxygen atoms in total. The van der Waals surface area contributed by atoms with Crippen molar-refractivity contribution in [3.63, 3.8) is 0 Å². The molecule has 1 aromatic rings. The quantitative estimate of drug-likeness (QED) is 0.591. The topological polar surface area (TPSA) is 46.2 Å². The number of amides is 1. The zero-order valence-electron chi connectivity index (χ0n) is 13.7. The Hall–Kier alpha value is -1.64. The van der Waals surface area contributed by atoms with Gasteiger partial charge in [-0.3, -0.25) is 9.59 Å². The Morgan fingerprint density at radius 3 is 2.68 bits per heavy atom. The summed E-state index contributed by atoms with van der Waals surface area (Å²) in [6.07, 6.45) is 5.07. The fourth-order valence-corrected chi connectivity index (χ4v) is 3.29. The minimum Gasteiger partial charge on any atom is -0.355 e. The van der Waals surface area contributed by atoms with Crippen LogP contribution in [0.4, 0.5) is 0 Å². The molecule has 0 saturated carbocycles. The molecule has 1 aliphatic rings. The predicted molar refractivity (Wildman–Crippen MR) is 88.4 cm³/mol. The van der Waals surface area contributed by atoms with Crippen LogP contribution in [0.15, 0.2) is 30.3 Å². The molecule has 2 rings (SSSR count). The Balaban J connectivity index is 1.99. The Labute approximate surface area is 133 Å². The number of unbranched alkanes of at least 4 members (excludes halogenated alkanes) is 2. The van der Waals surface area contributed by atoms with Gasteiger partial charge >= 0.3 is 0 Å². The van der Waals surface area contributed by atoms with Gasteiger partial charge in [0.15, 0.2) is 0 Å². The molecule has 1 unspecified atom stereocenters. The zero-order chi connectivity index (χ0) is 15.9. The molecule has 1 N–H and O–H groups in total. The molecule has 0 aliphatic carbocycles. The lowest BCUT2D eigenvalue weighted by Gasteiger charge is -2.19. The third-order valence-electron chi connectivity index (χ3n) is 4.67. The van der Waals surface area contributed by atoms with Crippen molar-refractivity contribution in [3.8, 4) is 0 Å². The molecular formula is C19H27NO2. The first-order chi connectivity index (χ1) is 10.6. The second-order valence-electron chi connectivity index (χ2n) is 6.47. The van der Waals surface area contributed by atoms with Crippen molar-refractivity contribution in [2.45, 2.75) is 46.0 Å². The van der Waals surface area contributed by atoms with Crippen LogP contribution < -0.4 is 5.32 Å². The molecule has 3 heteroatoms. The van der Waals surface area contributed by atoms with Gasteiger partial charge in [0.25, 0.3) is 0 Å². The van der Waals surface area contributed by atoms with Gasteiger partial charge in [0.2, 0.25) is 5.91 Å². The van der Waals surface area contributed by atoms with E-state index in [0.29, 0.717) is 6.54 Å². The molecule has 0 spiro atoms. The summed E-state index contributed by atoms with van der Waals surface area (Å²) in [5.41, 5.74) is 1.19. The Morgan fingerprint density at radius 1 is 1.27 bits per heavy atom. The third kappa shape index (κ3) is 4.19. The molecular weight excluding hydrogens is 274 g/mol. The van der Waals surface area contributed by atoms with E-state index in [1.54, 1.807) is 0 Å². The van der Waals surface area contributed by atoms with Gasteiger partial charge in [0.05, 0.1) is 0 Å². The van der Waals surface area contributed by atoms with Crippen LogP contribution in [0, 0.1) is 17.8 Å². The molecule has 22 heavy (non-hydrogen) atoms. The minimum atomic E-state index is -0.461. The van der Waals surface area contributed by atoms with Gasteiger partial charge in [-0.1, -0.05) is 63.4 Å². The first-order valence-electron chi connectivity index (χ1n) is 8.48. The van der Waals surface area contributed by atoms with Gasteiger partial charge < -0.3 is 5.32 Å². The summed E-state index contributed by atoms with van der Waals surface area (Å²) in [7, 11) is 0. The van der Waals surface area contributed by atoms with Crippen molar-refractivity contribution in [1.82, 2.24) is 5.32 Å². The number of nitrogens with one attached hydrogen (secondary N) is 1. The maximum absolute atomic E-state index is 12.7. The van der Waals surface area contributed by atoms with E-state index in [0.717, 1.165) is 32.1 Å². The molecule has 1 saturated heterocycles. The lowest BCUT2D eigenvalue weighted by atomic mass is 9.81. The van der Waals surface area contributed by atoms with Crippen LogP contribution in [0.5, 0.6) is 0 Å². The van der Waals surface area contributed by atoms with Gasteiger partial charge in [-0.05, 0) is 24.3 Å². The van der Waals surface area contributed by atoms with Crippen molar-refractivity contribution >= 4 is 11.7 Å². The first-order valence-corrected chi connectivity index (χ1v) is 8.48. The summed E-state index contributed by atoms with van der Waals surface area (Å²) in [5.74, 6) is -0.327. The van der Waals surface area contributed by atoms with E-state index in [2.05, 4.69) is 24.4 Å². The number of rotatable bonds is 8. The number of hydrogen-bond acceptors (Lipinski definition) is 2. The molecule has 1 amide bonds. The minimum absolute atomic E-state index is 0.0151. The molecule has 1 heterocycles. The molecule has 1 aromatic carbocycles. The molecule has 120 valence electrons. The van der Waals surface area contributed by atoms with E-state index in [4.69, 9.17) is 0 Å². The van der Waals surface area contributed by atoms with E-state index >= 15 is 0 Å². The van der Waals surface area contributed by atoms with E-state index in [9.17, 15) is 9.59 Å². The average molecular weight is 301 g/mol. The third-order valence-corrected chi connectivity index (χ3v) is 4.67. The normalized spacial score (nSPS) is 22.4. The average Bonchev–Trinajstić information content (AvgIpc) is 2.88. The van der Waals surface area contributed by atoms with Crippen LogP contribution in [0.25, 0.3) is 0 Å². The van der Waals surface area contributed by atoms with Crippen molar-refractivity contribution in [1.29, 1.82) is 0 Å². The number of ketones is 1. The molecule has 1 aliphatic heterocycles. The second kappa shape index (κ2) is 8.11. The summed E-state index contributed by atoms with van der Waals surface area (Å²) in [5, 5.41) is 2.88. The van der Waals surface area contributed by atoms with Gasteiger partial charge in [-0.15, -0.1) is 0 Å². The van der Waals surface area contributed by atoms with Crippen molar-refractivity contribution in [2.24, 2.45) is 17.8 Å². The SMILES string of the molecule is CCCCC[C@@H](C)C(=O)[C@@H]1C(=O)NCC1Cc1ccccc1. The fraction of sp³-hybridized carbons (Fsp3) is 0.579. The highest BCUT2D eigenvalue weighted by Crippen LogP contribution is 2.27. The summed E-state index contributed by atoms with van der Waals surface area (Å²) >= 11 is 0. The lowest BCUT2D eigenvalue weighted by Crippen LogP contribution is -2.32. The van der Waals surface area contributed by atoms with E-state index in [1.165, 1.54) is 5.56 Å². The van der Waals surface area contributed by atoms with Gasteiger partial charge in [0.1, 0.15) is 11.7 Å². The smallest absolute Gasteiger partial charge is 0.230 e. The van der Waals surface area contributed by atoms with Gasteiger partial charge in [0, 0.05) is 12.5 Å². The molecule has 0 radical (unpaired) electrons.